The van der Waals surface area contributed by atoms with Gasteiger partial charge in [-0.1, -0.05) is 41.7 Å². The summed E-state index contributed by atoms with van der Waals surface area (Å²) in [6.45, 7) is 5.72. The van der Waals surface area contributed by atoms with E-state index in [9.17, 15) is 14.7 Å². The highest BCUT2D eigenvalue weighted by molar-refractivity contribution is 7.19. The Morgan fingerprint density at radius 3 is 2.48 bits per heavy atom. The van der Waals surface area contributed by atoms with Gasteiger partial charge in [-0.15, -0.1) is 0 Å². The molecular weight excluding hydrogens is 414 g/mol. The molecule has 0 aliphatic rings. The molecule has 3 aromatic rings. The molecule has 0 spiro atoms. The van der Waals surface area contributed by atoms with E-state index >= 15 is 0 Å². The van der Waals surface area contributed by atoms with Crippen molar-refractivity contribution in [2.45, 2.75) is 32.9 Å². The van der Waals surface area contributed by atoms with Crippen molar-refractivity contribution in [2.75, 3.05) is 12.4 Å². The van der Waals surface area contributed by atoms with Gasteiger partial charge in [-0.3, -0.25) is 9.59 Å². The van der Waals surface area contributed by atoms with Gasteiger partial charge in [-0.2, -0.15) is 0 Å². The van der Waals surface area contributed by atoms with Crippen LogP contribution in [0.2, 0.25) is 0 Å². The zero-order chi connectivity index (χ0) is 22.8. The number of anilines is 2. The number of nitrogens with zero attached hydrogens (tertiary/aromatic N) is 3. The van der Waals surface area contributed by atoms with Gasteiger partial charge in [0, 0.05) is 12.6 Å². The number of aryl methyl sites for hydroxylation is 1. The fourth-order valence-corrected chi connectivity index (χ4v) is 3.89. The van der Waals surface area contributed by atoms with E-state index in [1.165, 1.54) is 16.2 Å². The van der Waals surface area contributed by atoms with E-state index in [0.29, 0.717) is 22.4 Å². The summed E-state index contributed by atoms with van der Waals surface area (Å²) < 4.78 is 0. The summed E-state index contributed by atoms with van der Waals surface area (Å²) in [6.07, 6.45) is 0.741. The number of rotatable bonds is 8. The van der Waals surface area contributed by atoms with E-state index in [2.05, 4.69) is 15.3 Å². The van der Waals surface area contributed by atoms with Gasteiger partial charge in [-0.25, -0.2) is 9.97 Å². The molecule has 4 N–H and O–H groups in total. The summed E-state index contributed by atoms with van der Waals surface area (Å²) in [4.78, 5) is 33.4. The van der Waals surface area contributed by atoms with E-state index in [1.54, 1.807) is 27.0 Å². The van der Waals surface area contributed by atoms with Crippen molar-refractivity contribution < 1.29 is 14.7 Å². The molecule has 2 amide bonds. The molecule has 1 aromatic carbocycles. The monoisotopic (exact) mass is 439 g/mol. The van der Waals surface area contributed by atoms with Crippen LogP contribution < -0.4 is 11.1 Å². The summed E-state index contributed by atoms with van der Waals surface area (Å²) in [5, 5.41) is 14.4. The number of carbonyl (C=O) groups is 2. The number of thiazole rings is 1. The van der Waals surface area contributed by atoms with Gasteiger partial charge in [0.05, 0.1) is 17.8 Å². The number of hydrogen-bond acceptors (Lipinski definition) is 7. The second kappa shape index (κ2) is 8.83. The summed E-state index contributed by atoms with van der Waals surface area (Å²) >= 11 is 1.29. The summed E-state index contributed by atoms with van der Waals surface area (Å²) in [7, 11) is 1.68. The van der Waals surface area contributed by atoms with Gasteiger partial charge in [0.25, 0.3) is 5.91 Å². The molecule has 0 saturated carbocycles. The van der Waals surface area contributed by atoms with E-state index in [-0.39, 0.29) is 5.69 Å². The number of pyridine rings is 1. The Morgan fingerprint density at radius 2 is 1.90 bits per heavy atom. The average molecular weight is 440 g/mol. The standard InChI is InChI=1S/C22H25N5O3S/c1-13-5-10-17(24-16(13)11-27(4)12-28)25-21-18(19(23)29)26-20(31-21)14-6-8-15(9-7-14)22(2,3)30/h5-10,12,30H,11H2,1-4H3,(H2,23,29)(H,24,25). The van der Waals surface area contributed by atoms with Gasteiger partial charge in [0.1, 0.15) is 15.8 Å². The number of hydrogen-bond donors (Lipinski definition) is 3. The van der Waals surface area contributed by atoms with Crippen LogP contribution in [-0.2, 0) is 16.9 Å². The Morgan fingerprint density at radius 1 is 1.23 bits per heavy atom. The third-order valence-electron chi connectivity index (χ3n) is 4.72. The highest BCUT2D eigenvalue weighted by Gasteiger charge is 2.20. The minimum Gasteiger partial charge on any atom is -0.386 e. The molecule has 0 unspecified atom stereocenters. The van der Waals surface area contributed by atoms with Crippen LogP contribution in [0.4, 0.5) is 10.8 Å². The van der Waals surface area contributed by atoms with Gasteiger partial charge >= 0.3 is 0 Å². The number of carbonyl (C=O) groups excluding carboxylic acids is 2. The number of aliphatic hydroxyl groups is 1. The topological polar surface area (TPSA) is 121 Å². The van der Waals surface area contributed by atoms with Crippen molar-refractivity contribution in [3.8, 4) is 10.6 Å². The largest absolute Gasteiger partial charge is 0.386 e. The molecule has 31 heavy (non-hydrogen) atoms. The number of nitrogens with one attached hydrogen (secondary N) is 1. The molecule has 0 aliphatic carbocycles. The molecule has 0 aliphatic heterocycles. The average Bonchev–Trinajstić information content (AvgIpc) is 3.14. The Kier molecular flexibility index (Phi) is 6.37. The van der Waals surface area contributed by atoms with E-state index in [0.717, 1.165) is 28.8 Å². The molecule has 2 aromatic heterocycles. The quantitative estimate of drug-likeness (QED) is 0.464. The number of benzene rings is 1. The third-order valence-corrected chi connectivity index (χ3v) is 5.74. The van der Waals surface area contributed by atoms with E-state index in [1.807, 2.05) is 37.3 Å². The molecule has 2 heterocycles. The van der Waals surface area contributed by atoms with Crippen molar-refractivity contribution in [3.63, 3.8) is 0 Å². The second-order valence-electron chi connectivity index (χ2n) is 7.80. The first-order valence-corrected chi connectivity index (χ1v) is 10.4. The number of aromatic nitrogens is 2. The number of primary amides is 1. The molecule has 0 radical (unpaired) electrons. The normalized spacial score (nSPS) is 11.3. The fraction of sp³-hybridized carbons (Fsp3) is 0.273. The van der Waals surface area contributed by atoms with Crippen LogP contribution in [0.15, 0.2) is 36.4 Å². The smallest absolute Gasteiger partial charge is 0.270 e. The predicted molar refractivity (Wildman–Crippen MR) is 121 cm³/mol. The zero-order valence-corrected chi connectivity index (χ0v) is 18.7. The van der Waals surface area contributed by atoms with Crippen LogP contribution >= 0.6 is 11.3 Å². The molecule has 0 fully saturated rings. The molecule has 162 valence electrons. The lowest BCUT2D eigenvalue weighted by Crippen LogP contribution is -2.17. The molecule has 0 bridgehead atoms. The van der Waals surface area contributed by atoms with Crippen molar-refractivity contribution in [1.29, 1.82) is 0 Å². The first kappa shape index (κ1) is 22.4. The van der Waals surface area contributed by atoms with Gasteiger partial charge in [0.15, 0.2) is 5.69 Å². The van der Waals surface area contributed by atoms with Gasteiger partial charge < -0.3 is 21.1 Å². The molecule has 9 heteroatoms. The first-order valence-electron chi connectivity index (χ1n) is 9.61. The highest BCUT2D eigenvalue weighted by atomic mass is 32.1. The lowest BCUT2D eigenvalue weighted by molar-refractivity contribution is -0.117. The summed E-state index contributed by atoms with van der Waals surface area (Å²) in [6, 6.07) is 11.0. The predicted octanol–water partition coefficient (Wildman–Crippen LogP) is 3.17. The Bertz CT molecular complexity index is 1100. The van der Waals surface area contributed by atoms with Crippen LogP contribution in [0.1, 0.15) is 41.2 Å². The Hall–Kier alpha value is -3.30. The Labute approximate surface area is 184 Å². The molecule has 8 nitrogen and oxygen atoms in total. The van der Waals surface area contributed by atoms with Gasteiger partial charge in [0.2, 0.25) is 6.41 Å². The molecule has 0 atom stereocenters. The van der Waals surface area contributed by atoms with Crippen LogP contribution in [0, 0.1) is 6.92 Å². The Balaban J connectivity index is 1.92. The maximum atomic E-state index is 12.0. The second-order valence-corrected chi connectivity index (χ2v) is 8.80. The SMILES string of the molecule is Cc1ccc(Nc2sc(-c3ccc(C(C)(C)O)cc3)nc2C(N)=O)nc1CN(C)C=O. The van der Waals surface area contributed by atoms with Crippen LogP contribution in [0.5, 0.6) is 0 Å². The van der Waals surface area contributed by atoms with Crippen LogP contribution in [0.25, 0.3) is 10.6 Å². The molecule has 3 rings (SSSR count). The first-order chi connectivity index (χ1) is 14.6. The van der Waals surface area contributed by atoms with Crippen LogP contribution in [-0.4, -0.2) is 39.3 Å². The number of nitrogens with two attached hydrogens (primary N) is 1. The minimum absolute atomic E-state index is 0.125. The van der Waals surface area contributed by atoms with Crippen LogP contribution in [0.3, 0.4) is 0 Å². The lowest BCUT2D eigenvalue weighted by atomic mass is 9.97. The molecular formula is C22H25N5O3S. The molecule has 0 saturated heterocycles. The van der Waals surface area contributed by atoms with Crippen molar-refractivity contribution in [2.24, 2.45) is 5.73 Å². The van der Waals surface area contributed by atoms with E-state index < -0.39 is 11.5 Å². The van der Waals surface area contributed by atoms with Crippen molar-refractivity contribution in [1.82, 2.24) is 14.9 Å². The van der Waals surface area contributed by atoms with E-state index in [4.69, 9.17) is 5.73 Å². The third kappa shape index (κ3) is 5.25. The zero-order valence-electron chi connectivity index (χ0n) is 17.8. The van der Waals surface area contributed by atoms with Crippen molar-refractivity contribution in [3.05, 3.63) is 58.9 Å². The lowest BCUT2D eigenvalue weighted by Gasteiger charge is -2.17. The van der Waals surface area contributed by atoms with Crippen molar-refractivity contribution >= 4 is 34.5 Å². The maximum absolute atomic E-state index is 12.0. The maximum Gasteiger partial charge on any atom is 0.270 e. The number of amides is 2. The summed E-state index contributed by atoms with van der Waals surface area (Å²) in [5.41, 5.74) is 8.00. The minimum atomic E-state index is -0.945. The summed E-state index contributed by atoms with van der Waals surface area (Å²) in [5.74, 6) is -0.124. The van der Waals surface area contributed by atoms with Gasteiger partial charge in [-0.05, 0) is 38.0 Å². The highest BCUT2D eigenvalue weighted by Crippen LogP contribution is 2.34. The fourth-order valence-electron chi connectivity index (χ4n) is 2.91.